The van der Waals surface area contributed by atoms with Crippen LogP contribution in [0.1, 0.15) is 163 Å². The standard InChI is InChI=1S/C26H40O5.C25H38O5/c1-4-26(2,3)25(28)31-21-13-16-12-20(21)23-18-10-15(22(16)23)11-19(18)24(27)30-14-29-17-8-6-5-7-9-17;1-3-14(2)24(26)30-21-12-16-11-20(21)23-18-9-15(22(16)23)10-19(18)25(27)29-13-28-17-7-5-4-6-8-17/h15-23H,4-14H2,1-3H3;14-23H,3-13H2,1-2H3. The lowest BCUT2D eigenvalue weighted by molar-refractivity contribution is -0.173. The van der Waals surface area contributed by atoms with Gasteiger partial charge in [-0.3, -0.25) is 19.2 Å². The van der Waals surface area contributed by atoms with Crippen LogP contribution in [-0.2, 0) is 47.6 Å². The van der Waals surface area contributed by atoms with Gasteiger partial charge in [-0.2, -0.15) is 0 Å². The monoisotopic (exact) mass is 851 g/mol. The van der Waals surface area contributed by atoms with E-state index in [1.807, 2.05) is 34.6 Å². The van der Waals surface area contributed by atoms with Gasteiger partial charge in [0.1, 0.15) is 12.2 Å². The number of hydrogen-bond donors (Lipinski definition) is 0. The molecule has 10 aliphatic carbocycles. The number of rotatable bonds is 14. The van der Waals surface area contributed by atoms with E-state index in [1.165, 1.54) is 51.4 Å². The van der Waals surface area contributed by atoms with Crippen LogP contribution < -0.4 is 0 Å². The molecule has 0 N–H and O–H groups in total. The Bertz CT molecular complexity index is 1580. The zero-order chi connectivity index (χ0) is 42.6. The first kappa shape index (κ1) is 44.0. The molecule has 0 spiro atoms. The number of carbonyl (C=O) groups is 4. The van der Waals surface area contributed by atoms with Crippen LogP contribution in [0.2, 0.25) is 0 Å². The average Bonchev–Trinajstić information content (AvgIpc) is 4.14. The molecule has 10 rings (SSSR count). The van der Waals surface area contributed by atoms with Crippen LogP contribution in [0.4, 0.5) is 0 Å². The van der Waals surface area contributed by atoms with E-state index in [1.54, 1.807) is 0 Å². The maximum Gasteiger partial charge on any atom is 0.311 e. The van der Waals surface area contributed by atoms with Crippen molar-refractivity contribution in [2.75, 3.05) is 13.6 Å². The molecule has 10 nitrogen and oxygen atoms in total. The SMILES string of the molecule is CCC(C)(C)C(=O)OC1CC2CC1C1C3CC(CC3C(=O)OCOC3CCCCC3)C21.CCC(C)C(=O)OC1CC2CC1C1C3CC(CC3C(=O)OCOC3CCCCC3)C21. The molecule has 8 bridgehead atoms. The highest BCUT2D eigenvalue weighted by Crippen LogP contribution is 2.70. The van der Waals surface area contributed by atoms with Gasteiger partial charge in [0.2, 0.25) is 0 Å². The predicted octanol–water partition coefficient (Wildman–Crippen LogP) is 9.84. The summed E-state index contributed by atoms with van der Waals surface area (Å²) in [5.74, 6) is 6.83. The minimum absolute atomic E-state index is 0.0176. The molecule has 10 aliphatic rings. The van der Waals surface area contributed by atoms with Gasteiger partial charge < -0.3 is 28.4 Å². The predicted molar refractivity (Wildman–Crippen MR) is 227 cm³/mol. The molecule has 0 aromatic carbocycles. The number of carbonyl (C=O) groups excluding carboxylic acids is 4. The van der Waals surface area contributed by atoms with Crippen LogP contribution in [0.25, 0.3) is 0 Å². The van der Waals surface area contributed by atoms with Crippen LogP contribution in [0.15, 0.2) is 0 Å². The van der Waals surface area contributed by atoms with Crippen LogP contribution in [0.3, 0.4) is 0 Å². The number of hydrogen-bond acceptors (Lipinski definition) is 10. The average molecular weight is 851 g/mol. The molecular weight excluding hydrogens is 773 g/mol. The number of fused-ring (bicyclic) bond motifs is 18. The molecule has 61 heavy (non-hydrogen) atoms. The van der Waals surface area contributed by atoms with E-state index in [0.29, 0.717) is 59.2 Å². The maximum atomic E-state index is 12.9. The Morgan fingerprint density at radius 3 is 1.41 bits per heavy atom. The van der Waals surface area contributed by atoms with E-state index >= 15 is 0 Å². The fraction of sp³-hybridized carbons (Fsp3) is 0.922. The molecule has 17 atom stereocenters. The molecule has 342 valence electrons. The van der Waals surface area contributed by atoms with Crippen LogP contribution in [-0.4, -0.2) is 61.9 Å². The summed E-state index contributed by atoms with van der Waals surface area (Å²) < 4.78 is 34.9. The molecule has 17 unspecified atom stereocenters. The third-order valence-corrected chi connectivity index (χ3v) is 19.2. The van der Waals surface area contributed by atoms with E-state index in [0.717, 1.165) is 88.9 Å². The second kappa shape index (κ2) is 18.4. The van der Waals surface area contributed by atoms with Gasteiger partial charge in [-0.15, -0.1) is 0 Å². The lowest BCUT2D eigenvalue weighted by Gasteiger charge is -2.41. The summed E-state index contributed by atoms with van der Waals surface area (Å²) in [5.41, 5.74) is -0.416. The Labute approximate surface area is 365 Å². The third kappa shape index (κ3) is 8.58. The molecule has 0 aromatic heterocycles. The van der Waals surface area contributed by atoms with Gasteiger partial charge in [-0.1, -0.05) is 59.3 Å². The van der Waals surface area contributed by atoms with Gasteiger partial charge in [-0.05, 0) is 175 Å². The van der Waals surface area contributed by atoms with Crippen molar-refractivity contribution >= 4 is 23.9 Å². The highest BCUT2D eigenvalue weighted by molar-refractivity contribution is 5.76. The van der Waals surface area contributed by atoms with Crippen molar-refractivity contribution in [2.24, 2.45) is 94.2 Å². The van der Waals surface area contributed by atoms with Crippen molar-refractivity contribution in [1.29, 1.82) is 0 Å². The molecule has 0 amide bonds. The van der Waals surface area contributed by atoms with Gasteiger partial charge in [-0.25, -0.2) is 0 Å². The quantitative estimate of drug-likeness (QED) is 0.0722. The minimum atomic E-state index is -0.416. The van der Waals surface area contributed by atoms with E-state index in [4.69, 9.17) is 28.4 Å². The molecule has 10 saturated carbocycles. The first-order valence-electron chi connectivity index (χ1n) is 25.4. The van der Waals surface area contributed by atoms with Crippen molar-refractivity contribution in [3.8, 4) is 0 Å². The first-order valence-corrected chi connectivity index (χ1v) is 25.4. The molecule has 0 aromatic rings. The summed E-state index contributed by atoms with van der Waals surface area (Å²) in [6, 6.07) is 0. The smallest absolute Gasteiger partial charge is 0.311 e. The Morgan fingerprint density at radius 1 is 0.541 bits per heavy atom. The molecular formula is C51H78O10. The van der Waals surface area contributed by atoms with Crippen molar-refractivity contribution in [3.05, 3.63) is 0 Å². The Morgan fingerprint density at radius 2 is 0.967 bits per heavy atom. The summed E-state index contributed by atoms with van der Waals surface area (Å²) >= 11 is 0. The lowest BCUT2D eigenvalue weighted by Crippen LogP contribution is -2.43. The zero-order valence-corrected chi connectivity index (χ0v) is 38.1. The normalized spacial score (nSPS) is 42.1. The lowest BCUT2D eigenvalue weighted by atomic mass is 9.66. The van der Waals surface area contributed by atoms with Crippen molar-refractivity contribution in [1.82, 2.24) is 0 Å². The Hall–Kier alpha value is -2.20. The molecule has 0 aliphatic heterocycles. The van der Waals surface area contributed by atoms with E-state index in [-0.39, 0.29) is 79.6 Å². The fourth-order valence-corrected chi connectivity index (χ4v) is 15.8. The molecule has 10 heteroatoms. The number of ether oxygens (including phenoxy) is 6. The van der Waals surface area contributed by atoms with Gasteiger partial charge in [0.25, 0.3) is 0 Å². The second-order valence-electron chi connectivity index (χ2n) is 22.6. The van der Waals surface area contributed by atoms with Crippen LogP contribution in [0.5, 0.6) is 0 Å². The largest absolute Gasteiger partial charge is 0.462 e. The molecule has 0 heterocycles. The van der Waals surface area contributed by atoms with Crippen molar-refractivity contribution in [3.63, 3.8) is 0 Å². The summed E-state index contributed by atoms with van der Waals surface area (Å²) in [5, 5.41) is 0. The van der Waals surface area contributed by atoms with E-state index in [9.17, 15) is 19.2 Å². The van der Waals surface area contributed by atoms with E-state index in [2.05, 4.69) is 0 Å². The first-order chi connectivity index (χ1) is 29.4. The number of esters is 4. The molecule has 0 saturated heterocycles. The Balaban J connectivity index is 0.000000156. The second-order valence-corrected chi connectivity index (χ2v) is 22.6. The van der Waals surface area contributed by atoms with Crippen molar-refractivity contribution < 1.29 is 47.6 Å². The fourth-order valence-electron chi connectivity index (χ4n) is 15.8. The molecule has 0 radical (unpaired) electrons. The highest BCUT2D eigenvalue weighted by atomic mass is 16.7. The van der Waals surface area contributed by atoms with Crippen LogP contribution >= 0.6 is 0 Å². The topological polar surface area (TPSA) is 124 Å². The minimum Gasteiger partial charge on any atom is -0.462 e. The zero-order valence-electron chi connectivity index (χ0n) is 38.1. The van der Waals surface area contributed by atoms with Gasteiger partial charge in [0.05, 0.1) is 35.4 Å². The Kier molecular flexibility index (Phi) is 13.2. The summed E-state index contributed by atoms with van der Waals surface area (Å²) in [6.45, 7) is 10.2. The van der Waals surface area contributed by atoms with Gasteiger partial charge >= 0.3 is 23.9 Å². The molecule has 10 fully saturated rings. The van der Waals surface area contributed by atoms with Crippen LogP contribution in [0, 0.1) is 94.2 Å². The third-order valence-electron chi connectivity index (χ3n) is 19.2. The van der Waals surface area contributed by atoms with E-state index < -0.39 is 5.41 Å². The maximum absolute atomic E-state index is 12.9. The highest BCUT2D eigenvalue weighted by Gasteiger charge is 2.68. The van der Waals surface area contributed by atoms with Crippen molar-refractivity contribution in [2.45, 2.75) is 187 Å². The summed E-state index contributed by atoms with van der Waals surface area (Å²) in [6.07, 6.45) is 22.9. The van der Waals surface area contributed by atoms with Gasteiger partial charge in [0.15, 0.2) is 13.6 Å². The van der Waals surface area contributed by atoms with Gasteiger partial charge in [0, 0.05) is 0 Å². The summed E-state index contributed by atoms with van der Waals surface area (Å²) in [7, 11) is 0. The summed E-state index contributed by atoms with van der Waals surface area (Å²) in [4.78, 5) is 50.8.